The maximum Gasteiger partial charge on any atom is -0.0389 e. The minimum atomic E-state index is 0.863. The SMILES string of the molecule is CC.CCCCCC(CCCC(CCC)CC(C)C)CC(CCC)C(C)C. The van der Waals surface area contributed by atoms with Crippen LogP contribution in [0.4, 0.5) is 0 Å². The molecule has 27 heavy (non-hydrogen) atoms. The zero-order valence-corrected chi connectivity index (χ0v) is 21.1. The van der Waals surface area contributed by atoms with Crippen molar-refractivity contribution in [1.29, 1.82) is 0 Å². The summed E-state index contributed by atoms with van der Waals surface area (Å²) in [7, 11) is 0. The van der Waals surface area contributed by atoms with Gasteiger partial charge in [0.25, 0.3) is 0 Å². The Morgan fingerprint density at radius 1 is 0.519 bits per heavy atom. The van der Waals surface area contributed by atoms with Crippen molar-refractivity contribution in [1.82, 2.24) is 0 Å². The zero-order valence-electron chi connectivity index (χ0n) is 21.1. The summed E-state index contributed by atoms with van der Waals surface area (Å²) in [5.41, 5.74) is 0. The lowest BCUT2D eigenvalue weighted by Gasteiger charge is -2.27. The van der Waals surface area contributed by atoms with Crippen molar-refractivity contribution in [3.8, 4) is 0 Å². The van der Waals surface area contributed by atoms with Gasteiger partial charge in [-0.25, -0.2) is 0 Å². The smallest absolute Gasteiger partial charge is 0.0389 e. The minimum absolute atomic E-state index is 0.863. The highest BCUT2D eigenvalue weighted by Gasteiger charge is 2.19. The molecule has 0 rings (SSSR count). The number of hydrogen-bond acceptors (Lipinski definition) is 0. The van der Waals surface area contributed by atoms with Crippen molar-refractivity contribution in [2.75, 3.05) is 0 Å². The standard InChI is InChI=1S/C25H52.C2H6/c1-8-11-12-16-24(20-25(15-10-3)22(6)7)18-13-17-23(14-9-2)19-21(4)5;1-2/h21-25H,8-20H2,1-7H3;1-2H3. The molecule has 0 aromatic rings. The molecule has 0 bridgehead atoms. The molecule has 0 aliphatic heterocycles. The first kappa shape index (κ1) is 29.2. The van der Waals surface area contributed by atoms with E-state index < -0.39 is 0 Å². The summed E-state index contributed by atoms with van der Waals surface area (Å²) in [6.45, 7) is 20.8. The van der Waals surface area contributed by atoms with Gasteiger partial charge in [-0.1, -0.05) is 133 Å². The van der Waals surface area contributed by atoms with E-state index in [9.17, 15) is 0 Å². The highest BCUT2D eigenvalue weighted by atomic mass is 14.2. The van der Waals surface area contributed by atoms with E-state index in [1.54, 1.807) is 0 Å². The van der Waals surface area contributed by atoms with Gasteiger partial charge < -0.3 is 0 Å². The Balaban J connectivity index is 0. The fourth-order valence-corrected chi connectivity index (χ4v) is 4.74. The summed E-state index contributed by atoms with van der Waals surface area (Å²) in [6, 6.07) is 0. The average molecular weight is 383 g/mol. The third kappa shape index (κ3) is 17.8. The molecule has 0 nitrogen and oxygen atoms in total. The topological polar surface area (TPSA) is 0 Å². The zero-order chi connectivity index (χ0) is 21.1. The highest BCUT2D eigenvalue weighted by molar-refractivity contribution is 4.71. The van der Waals surface area contributed by atoms with Gasteiger partial charge >= 0.3 is 0 Å². The Labute approximate surface area is 175 Å². The summed E-state index contributed by atoms with van der Waals surface area (Å²) < 4.78 is 0. The van der Waals surface area contributed by atoms with Crippen molar-refractivity contribution >= 4 is 0 Å². The molecule has 3 unspecified atom stereocenters. The van der Waals surface area contributed by atoms with E-state index in [2.05, 4.69) is 48.5 Å². The van der Waals surface area contributed by atoms with Crippen LogP contribution in [0.3, 0.4) is 0 Å². The molecule has 0 saturated carbocycles. The maximum absolute atomic E-state index is 2.45. The van der Waals surface area contributed by atoms with Crippen LogP contribution in [-0.2, 0) is 0 Å². The van der Waals surface area contributed by atoms with Gasteiger partial charge in [0.05, 0.1) is 0 Å². The molecule has 0 aliphatic carbocycles. The Kier molecular flexibility index (Phi) is 22.4. The monoisotopic (exact) mass is 382 g/mol. The Bertz CT molecular complexity index is 265. The minimum Gasteiger partial charge on any atom is -0.0683 e. The predicted octanol–water partition coefficient (Wildman–Crippen LogP) is 10.3. The molecule has 0 aliphatic rings. The molecule has 0 saturated heterocycles. The van der Waals surface area contributed by atoms with Gasteiger partial charge in [-0.2, -0.15) is 0 Å². The van der Waals surface area contributed by atoms with E-state index in [1.807, 2.05) is 13.8 Å². The van der Waals surface area contributed by atoms with Crippen LogP contribution in [0, 0.1) is 29.6 Å². The van der Waals surface area contributed by atoms with Crippen LogP contribution in [0.5, 0.6) is 0 Å². The van der Waals surface area contributed by atoms with E-state index in [-0.39, 0.29) is 0 Å². The van der Waals surface area contributed by atoms with Crippen LogP contribution in [-0.4, -0.2) is 0 Å². The van der Waals surface area contributed by atoms with E-state index >= 15 is 0 Å². The van der Waals surface area contributed by atoms with Gasteiger partial charge in [0, 0.05) is 0 Å². The molecule has 0 fully saturated rings. The summed E-state index contributed by atoms with van der Waals surface area (Å²) in [4.78, 5) is 0. The Morgan fingerprint density at radius 3 is 1.48 bits per heavy atom. The van der Waals surface area contributed by atoms with Crippen LogP contribution in [0.1, 0.15) is 146 Å². The number of unbranched alkanes of at least 4 members (excludes halogenated alkanes) is 2. The molecule has 0 spiro atoms. The Hall–Kier alpha value is 0. The van der Waals surface area contributed by atoms with Crippen LogP contribution >= 0.6 is 0 Å². The molecule has 166 valence electrons. The summed E-state index contributed by atoms with van der Waals surface area (Å²) in [5.74, 6) is 4.66. The van der Waals surface area contributed by atoms with Gasteiger partial charge in [-0.05, 0) is 42.4 Å². The van der Waals surface area contributed by atoms with E-state index in [0.29, 0.717) is 0 Å². The van der Waals surface area contributed by atoms with Gasteiger partial charge in [-0.3, -0.25) is 0 Å². The summed E-state index contributed by atoms with van der Waals surface area (Å²) in [6.07, 6.45) is 18.8. The summed E-state index contributed by atoms with van der Waals surface area (Å²) in [5, 5.41) is 0. The molecule has 3 atom stereocenters. The maximum atomic E-state index is 2.45. The number of rotatable bonds is 17. The van der Waals surface area contributed by atoms with Gasteiger partial charge in [-0.15, -0.1) is 0 Å². The van der Waals surface area contributed by atoms with Crippen LogP contribution < -0.4 is 0 Å². The van der Waals surface area contributed by atoms with Crippen molar-refractivity contribution in [2.24, 2.45) is 29.6 Å². The first-order chi connectivity index (χ1) is 12.9. The second-order valence-corrected chi connectivity index (χ2v) is 9.61. The van der Waals surface area contributed by atoms with E-state index in [1.165, 1.54) is 83.5 Å². The van der Waals surface area contributed by atoms with Gasteiger partial charge in [0.15, 0.2) is 0 Å². The molecule has 0 heteroatoms. The lowest BCUT2D eigenvalue weighted by molar-refractivity contribution is 0.246. The van der Waals surface area contributed by atoms with Crippen LogP contribution in [0.15, 0.2) is 0 Å². The van der Waals surface area contributed by atoms with Crippen molar-refractivity contribution in [3.63, 3.8) is 0 Å². The molecule has 0 N–H and O–H groups in total. The summed E-state index contributed by atoms with van der Waals surface area (Å²) >= 11 is 0. The van der Waals surface area contributed by atoms with Gasteiger partial charge in [0.2, 0.25) is 0 Å². The van der Waals surface area contributed by atoms with Crippen LogP contribution in [0.25, 0.3) is 0 Å². The predicted molar refractivity (Wildman–Crippen MR) is 129 cm³/mol. The average Bonchev–Trinajstić information content (AvgIpc) is 2.62. The molecule has 0 radical (unpaired) electrons. The lowest BCUT2D eigenvalue weighted by Crippen LogP contribution is -2.15. The van der Waals surface area contributed by atoms with E-state index in [0.717, 1.165) is 29.6 Å². The van der Waals surface area contributed by atoms with E-state index in [4.69, 9.17) is 0 Å². The lowest BCUT2D eigenvalue weighted by atomic mass is 9.79. The van der Waals surface area contributed by atoms with Crippen molar-refractivity contribution in [3.05, 3.63) is 0 Å². The van der Waals surface area contributed by atoms with Crippen molar-refractivity contribution in [2.45, 2.75) is 146 Å². The first-order valence-corrected chi connectivity index (χ1v) is 12.9. The third-order valence-corrected chi connectivity index (χ3v) is 6.18. The largest absolute Gasteiger partial charge is 0.0683 e. The quantitative estimate of drug-likeness (QED) is 0.219. The van der Waals surface area contributed by atoms with Crippen molar-refractivity contribution < 1.29 is 0 Å². The normalized spacial score (nSPS) is 14.8. The first-order valence-electron chi connectivity index (χ1n) is 12.9. The molecular weight excluding hydrogens is 324 g/mol. The molecule has 0 heterocycles. The Morgan fingerprint density at radius 2 is 1.04 bits per heavy atom. The fourth-order valence-electron chi connectivity index (χ4n) is 4.74. The third-order valence-electron chi connectivity index (χ3n) is 6.18. The number of hydrogen-bond donors (Lipinski definition) is 0. The molecular formula is C27H58. The molecule has 0 aromatic carbocycles. The van der Waals surface area contributed by atoms with Crippen LogP contribution in [0.2, 0.25) is 0 Å². The second-order valence-electron chi connectivity index (χ2n) is 9.61. The van der Waals surface area contributed by atoms with Gasteiger partial charge in [0.1, 0.15) is 0 Å². The fraction of sp³-hybridized carbons (Fsp3) is 1.00. The molecule has 0 aromatic heterocycles. The second kappa shape index (κ2) is 20.7. The molecule has 0 amide bonds. The highest BCUT2D eigenvalue weighted by Crippen LogP contribution is 2.32.